The molecule has 2 aromatic carbocycles. The molecule has 0 unspecified atom stereocenters. The number of hydrogen-bond acceptors (Lipinski definition) is 5. The van der Waals surface area contributed by atoms with E-state index in [2.05, 4.69) is 5.32 Å². The third kappa shape index (κ3) is 3.68. The van der Waals surface area contributed by atoms with Crippen molar-refractivity contribution in [3.05, 3.63) is 66.2 Å². The first-order valence-electron chi connectivity index (χ1n) is 7.65. The van der Waals surface area contributed by atoms with Crippen LogP contribution in [0, 0.1) is 0 Å². The van der Waals surface area contributed by atoms with Crippen LogP contribution in [-0.4, -0.2) is 39.6 Å². The number of hydrogen-bond donors (Lipinski definition) is 1. The normalized spacial score (nSPS) is 23.2. The van der Waals surface area contributed by atoms with Gasteiger partial charge in [0.25, 0.3) is 0 Å². The molecule has 1 aliphatic heterocycles. The smallest absolute Gasteiger partial charge is 0.183 e. The van der Waals surface area contributed by atoms with Gasteiger partial charge in [0.1, 0.15) is 0 Å². The third-order valence-corrected chi connectivity index (χ3v) is 8.35. The van der Waals surface area contributed by atoms with Crippen molar-refractivity contribution >= 4 is 19.7 Å². The predicted octanol–water partition coefficient (Wildman–Crippen LogP) is 1.42. The fourth-order valence-corrected chi connectivity index (χ4v) is 7.68. The van der Waals surface area contributed by atoms with E-state index in [4.69, 9.17) is 0 Å². The number of nitrogens with one attached hydrogen (secondary N) is 1. The molecule has 5 nitrogen and oxygen atoms in total. The molecule has 0 saturated carbocycles. The summed E-state index contributed by atoms with van der Waals surface area (Å²) in [5, 5.41) is 2.16. The second-order valence-electron chi connectivity index (χ2n) is 5.95. The molecule has 7 heteroatoms. The first-order chi connectivity index (χ1) is 11.4. The summed E-state index contributed by atoms with van der Waals surface area (Å²) in [4.78, 5) is 0.165. The van der Waals surface area contributed by atoms with E-state index in [0.717, 1.165) is 5.56 Å². The summed E-state index contributed by atoms with van der Waals surface area (Å²) in [5.74, 6) is -0.493. The van der Waals surface area contributed by atoms with Gasteiger partial charge in [-0.05, 0) is 17.7 Å². The molecule has 0 aromatic heterocycles. The van der Waals surface area contributed by atoms with Gasteiger partial charge in [-0.15, -0.1) is 0 Å². The van der Waals surface area contributed by atoms with Gasteiger partial charge >= 0.3 is 0 Å². The highest BCUT2D eigenvalue weighted by molar-refractivity contribution is 7.96. The van der Waals surface area contributed by atoms with Gasteiger partial charge in [0, 0.05) is 12.6 Å². The number of sulfone groups is 2. The molecule has 1 fully saturated rings. The van der Waals surface area contributed by atoms with Crippen LogP contribution in [0.2, 0.25) is 0 Å². The Labute approximate surface area is 142 Å². The molecule has 3 rings (SSSR count). The number of benzene rings is 2. The number of rotatable bonds is 5. The molecule has 2 atom stereocenters. The molecule has 1 aliphatic rings. The summed E-state index contributed by atoms with van der Waals surface area (Å²) in [7, 11) is -7.09. The Morgan fingerprint density at radius 3 is 2.12 bits per heavy atom. The molecule has 0 bridgehead atoms. The first kappa shape index (κ1) is 17.1. The Bertz CT molecular complexity index is 894. The molecule has 0 aliphatic carbocycles. The van der Waals surface area contributed by atoms with Crippen molar-refractivity contribution in [3.63, 3.8) is 0 Å². The van der Waals surface area contributed by atoms with Crippen LogP contribution in [-0.2, 0) is 26.2 Å². The van der Waals surface area contributed by atoms with Crippen molar-refractivity contribution < 1.29 is 16.8 Å². The molecule has 0 amide bonds. The van der Waals surface area contributed by atoms with Gasteiger partial charge in [-0.3, -0.25) is 0 Å². The van der Waals surface area contributed by atoms with Crippen LogP contribution >= 0.6 is 0 Å². The van der Waals surface area contributed by atoms with Gasteiger partial charge < -0.3 is 5.32 Å². The molecule has 128 valence electrons. The van der Waals surface area contributed by atoms with Crippen LogP contribution in [0.5, 0.6) is 0 Å². The second-order valence-corrected chi connectivity index (χ2v) is 10.3. The average molecular weight is 365 g/mol. The third-order valence-electron chi connectivity index (χ3n) is 4.18. The Hall–Kier alpha value is -1.70. The maximum atomic E-state index is 12.8. The van der Waals surface area contributed by atoms with E-state index < -0.39 is 31.0 Å². The molecule has 2 aromatic rings. The molecular formula is C17H19NO4S2. The molecular weight excluding hydrogens is 346 g/mol. The van der Waals surface area contributed by atoms with E-state index in [1.165, 1.54) is 12.1 Å². The van der Waals surface area contributed by atoms with Crippen LogP contribution in [0.1, 0.15) is 5.56 Å². The summed E-state index contributed by atoms with van der Waals surface area (Å²) < 4.78 is 49.8. The van der Waals surface area contributed by atoms with Gasteiger partial charge in [0.15, 0.2) is 19.7 Å². The first-order valence-corrected chi connectivity index (χ1v) is 11.0. The molecule has 0 spiro atoms. The molecule has 1 N–H and O–H groups in total. The van der Waals surface area contributed by atoms with E-state index in [9.17, 15) is 16.8 Å². The topological polar surface area (TPSA) is 80.3 Å². The van der Waals surface area contributed by atoms with Gasteiger partial charge in [0.05, 0.1) is 21.7 Å². The van der Waals surface area contributed by atoms with Gasteiger partial charge in [-0.2, -0.15) is 0 Å². The second kappa shape index (κ2) is 6.66. The zero-order valence-electron chi connectivity index (χ0n) is 13.0. The van der Waals surface area contributed by atoms with Crippen LogP contribution in [0.15, 0.2) is 65.6 Å². The minimum atomic E-state index is -3.70. The average Bonchev–Trinajstić information content (AvgIpc) is 2.90. The van der Waals surface area contributed by atoms with Crippen molar-refractivity contribution in [2.75, 3.05) is 11.5 Å². The lowest BCUT2D eigenvalue weighted by Crippen LogP contribution is -2.43. The molecule has 1 heterocycles. The van der Waals surface area contributed by atoms with Crippen LogP contribution in [0.3, 0.4) is 0 Å². The lowest BCUT2D eigenvalue weighted by Gasteiger charge is -2.20. The largest absolute Gasteiger partial charge is 0.308 e. The highest BCUT2D eigenvalue weighted by Gasteiger charge is 2.45. The zero-order chi connectivity index (χ0) is 17.2. The summed E-state index contributed by atoms with van der Waals surface area (Å²) in [6.07, 6.45) is 0. The molecule has 0 radical (unpaired) electrons. The minimum Gasteiger partial charge on any atom is -0.308 e. The van der Waals surface area contributed by atoms with Crippen LogP contribution in [0.4, 0.5) is 0 Å². The highest BCUT2D eigenvalue weighted by Crippen LogP contribution is 2.26. The monoisotopic (exact) mass is 365 g/mol. The SMILES string of the molecule is O=S1(=O)C[C@H](NCc2ccccc2)[C@@H](S(=O)(=O)c2ccccc2)C1. The van der Waals surface area contributed by atoms with E-state index in [1.807, 2.05) is 30.3 Å². The van der Waals surface area contributed by atoms with Gasteiger partial charge in [-0.1, -0.05) is 48.5 Å². The Morgan fingerprint density at radius 1 is 0.917 bits per heavy atom. The van der Waals surface area contributed by atoms with Gasteiger partial charge in [-0.25, -0.2) is 16.8 Å². The predicted molar refractivity (Wildman–Crippen MR) is 93.1 cm³/mol. The Kier molecular flexibility index (Phi) is 4.76. The van der Waals surface area contributed by atoms with Crippen molar-refractivity contribution in [1.82, 2.24) is 5.32 Å². The summed E-state index contributed by atoms with van der Waals surface area (Å²) in [6, 6.07) is 16.9. The maximum absolute atomic E-state index is 12.8. The zero-order valence-corrected chi connectivity index (χ0v) is 14.6. The van der Waals surface area contributed by atoms with Crippen LogP contribution < -0.4 is 5.32 Å². The quantitative estimate of drug-likeness (QED) is 0.867. The molecule has 24 heavy (non-hydrogen) atoms. The van der Waals surface area contributed by atoms with Crippen molar-refractivity contribution in [3.8, 4) is 0 Å². The lowest BCUT2D eigenvalue weighted by atomic mass is 10.2. The summed E-state index contributed by atoms with van der Waals surface area (Å²) >= 11 is 0. The highest BCUT2D eigenvalue weighted by atomic mass is 32.2. The van der Waals surface area contributed by atoms with Gasteiger partial charge in [0.2, 0.25) is 0 Å². The van der Waals surface area contributed by atoms with E-state index in [-0.39, 0.29) is 16.4 Å². The Balaban J connectivity index is 1.84. The van der Waals surface area contributed by atoms with E-state index in [1.54, 1.807) is 18.2 Å². The van der Waals surface area contributed by atoms with Crippen molar-refractivity contribution in [1.29, 1.82) is 0 Å². The lowest BCUT2D eigenvalue weighted by molar-refractivity contribution is 0.526. The van der Waals surface area contributed by atoms with Crippen LogP contribution in [0.25, 0.3) is 0 Å². The standard InChI is InChI=1S/C17H19NO4S2/c19-23(20)12-16(18-11-14-7-3-1-4-8-14)17(13-23)24(21,22)15-9-5-2-6-10-15/h1-10,16-18H,11-13H2/t16-,17-/m0/s1. The molecule has 1 saturated heterocycles. The summed E-state index contributed by atoms with van der Waals surface area (Å²) in [6.45, 7) is 0.432. The fourth-order valence-electron chi connectivity index (χ4n) is 2.94. The fraction of sp³-hybridized carbons (Fsp3) is 0.294. The Morgan fingerprint density at radius 2 is 1.50 bits per heavy atom. The van der Waals surface area contributed by atoms with E-state index in [0.29, 0.717) is 6.54 Å². The van der Waals surface area contributed by atoms with E-state index >= 15 is 0 Å². The maximum Gasteiger partial charge on any atom is 0.183 e. The minimum absolute atomic E-state index is 0.156. The van der Waals surface area contributed by atoms with Crippen molar-refractivity contribution in [2.24, 2.45) is 0 Å². The summed E-state index contributed by atoms with van der Waals surface area (Å²) in [5.41, 5.74) is 0.984. The van der Waals surface area contributed by atoms with Crippen molar-refractivity contribution in [2.45, 2.75) is 22.7 Å².